The van der Waals surface area contributed by atoms with E-state index >= 15 is 0 Å². The number of amides is 4. The molecule has 2 fully saturated rings. The van der Waals surface area contributed by atoms with Gasteiger partial charge in [0.1, 0.15) is 12.1 Å². The van der Waals surface area contributed by atoms with Crippen LogP contribution in [0.15, 0.2) is 18.2 Å². The van der Waals surface area contributed by atoms with Gasteiger partial charge in [0, 0.05) is 12.7 Å². The number of nitrogens with zero attached hydrogens (tertiary/aromatic N) is 2. The van der Waals surface area contributed by atoms with Crippen molar-refractivity contribution < 1.29 is 33.4 Å². The van der Waals surface area contributed by atoms with Crippen molar-refractivity contribution in [1.29, 1.82) is 0 Å². The Kier molecular flexibility index (Phi) is 6.28. The zero-order valence-electron chi connectivity index (χ0n) is 17.7. The molecule has 10 nitrogen and oxygen atoms in total. The molecule has 4 amide bonds. The number of rotatable bonds is 5. The number of urea groups is 1. The highest BCUT2D eigenvalue weighted by molar-refractivity contribution is 6.10. The third-order valence-electron chi connectivity index (χ3n) is 5.84. The zero-order chi connectivity index (χ0) is 22.8. The fraction of sp³-hybridized carbons (Fsp3) is 0.476. The monoisotopic (exact) mass is 431 g/mol. The second-order valence-electron chi connectivity index (χ2n) is 7.66. The van der Waals surface area contributed by atoms with Crippen LogP contribution in [0.4, 0.5) is 10.5 Å². The van der Waals surface area contributed by atoms with E-state index in [1.807, 2.05) is 0 Å². The molecule has 1 heterocycles. The summed E-state index contributed by atoms with van der Waals surface area (Å²) in [6, 6.07) is 3.43. The van der Waals surface area contributed by atoms with E-state index in [0.29, 0.717) is 12.8 Å². The number of hydrogen-bond donors (Lipinski definition) is 1. The number of nitrogens with one attached hydrogen (secondary N) is 1. The molecule has 31 heavy (non-hydrogen) atoms. The van der Waals surface area contributed by atoms with Gasteiger partial charge in [0.05, 0.1) is 25.3 Å². The molecule has 166 valence electrons. The Morgan fingerprint density at radius 2 is 1.52 bits per heavy atom. The first-order valence-corrected chi connectivity index (χ1v) is 9.95. The smallest absolute Gasteiger partial charge is 0.337 e. The lowest BCUT2D eigenvalue weighted by molar-refractivity contribution is -0.136. The number of ether oxygens (including phenoxy) is 2. The molecule has 1 aromatic rings. The van der Waals surface area contributed by atoms with E-state index in [9.17, 15) is 24.0 Å². The summed E-state index contributed by atoms with van der Waals surface area (Å²) in [6.45, 7) is -0.472. The highest BCUT2D eigenvalue weighted by Gasteiger charge is 2.55. The minimum atomic E-state index is -0.877. The Morgan fingerprint density at radius 1 is 0.968 bits per heavy atom. The zero-order valence-corrected chi connectivity index (χ0v) is 17.7. The van der Waals surface area contributed by atoms with E-state index < -0.39 is 36.0 Å². The van der Waals surface area contributed by atoms with Crippen LogP contribution in [-0.4, -0.2) is 72.9 Å². The van der Waals surface area contributed by atoms with Gasteiger partial charge in [-0.1, -0.05) is 19.3 Å². The molecule has 0 bridgehead atoms. The van der Waals surface area contributed by atoms with Gasteiger partial charge in [-0.2, -0.15) is 0 Å². The number of benzene rings is 1. The average molecular weight is 431 g/mol. The molecule has 2 aliphatic rings. The predicted molar refractivity (Wildman–Crippen MR) is 108 cm³/mol. The molecule has 1 aliphatic heterocycles. The number of anilines is 1. The molecule has 1 aliphatic carbocycles. The van der Waals surface area contributed by atoms with Crippen molar-refractivity contribution in [2.24, 2.45) is 0 Å². The van der Waals surface area contributed by atoms with Crippen molar-refractivity contribution in [3.63, 3.8) is 0 Å². The predicted octanol–water partition coefficient (Wildman–Crippen LogP) is 1.80. The molecule has 1 saturated carbocycles. The Morgan fingerprint density at radius 3 is 2.03 bits per heavy atom. The number of methoxy groups -OCH3 is 2. The lowest BCUT2D eigenvalue weighted by Crippen LogP contribution is -2.49. The van der Waals surface area contributed by atoms with Gasteiger partial charge in [-0.15, -0.1) is 0 Å². The van der Waals surface area contributed by atoms with Gasteiger partial charge in [0.15, 0.2) is 0 Å². The summed E-state index contributed by atoms with van der Waals surface area (Å²) < 4.78 is 9.34. The van der Waals surface area contributed by atoms with Crippen LogP contribution in [-0.2, 0) is 19.1 Å². The molecule has 1 saturated heterocycles. The Balaban J connectivity index is 1.79. The van der Waals surface area contributed by atoms with Crippen LogP contribution < -0.4 is 5.32 Å². The van der Waals surface area contributed by atoms with Crippen molar-refractivity contribution in [3.05, 3.63) is 29.3 Å². The lowest BCUT2D eigenvalue weighted by Gasteiger charge is -2.35. The van der Waals surface area contributed by atoms with E-state index in [-0.39, 0.29) is 22.7 Å². The van der Waals surface area contributed by atoms with Crippen molar-refractivity contribution in [1.82, 2.24) is 9.80 Å². The first kappa shape index (κ1) is 22.3. The average Bonchev–Trinajstić information content (AvgIpc) is 2.94. The van der Waals surface area contributed by atoms with Crippen LogP contribution in [0.25, 0.3) is 0 Å². The van der Waals surface area contributed by atoms with Crippen LogP contribution in [0.5, 0.6) is 0 Å². The normalized spacial score (nSPS) is 17.6. The van der Waals surface area contributed by atoms with E-state index in [1.165, 1.54) is 37.3 Å². The van der Waals surface area contributed by atoms with E-state index in [4.69, 9.17) is 0 Å². The van der Waals surface area contributed by atoms with E-state index in [0.717, 1.165) is 24.2 Å². The van der Waals surface area contributed by atoms with Gasteiger partial charge in [-0.05, 0) is 31.0 Å². The molecule has 1 aromatic carbocycles. The maximum absolute atomic E-state index is 13.0. The van der Waals surface area contributed by atoms with Crippen molar-refractivity contribution in [2.75, 3.05) is 33.1 Å². The quantitative estimate of drug-likeness (QED) is 0.557. The SMILES string of the molecule is COC(=O)c1cc(NC(=O)CN2C(=O)N(C)C3(CCCCC3)C2=O)cc(C(=O)OC)c1. The summed E-state index contributed by atoms with van der Waals surface area (Å²) in [5.74, 6) is -2.41. The second kappa shape index (κ2) is 8.75. The van der Waals surface area contributed by atoms with Gasteiger partial charge >= 0.3 is 18.0 Å². The molecule has 3 rings (SSSR count). The van der Waals surface area contributed by atoms with Crippen molar-refractivity contribution in [3.8, 4) is 0 Å². The van der Waals surface area contributed by atoms with Crippen LogP contribution >= 0.6 is 0 Å². The molecule has 1 spiro atoms. The minimum absolute atomic E-state index is 0.0370. The number of carbonyl (C=O) groups excluding carboxylic acids is 5. The molecule has 0 atom stereocenters. The highest BCUT2D eigenvalue weighted by atomic mass is 16.5. The largest absolute Gasteiger partial charge is 0.465 e. The molecule has 0 aromatic heterocycles. The van der Waals surface area contributed by atoms with E-state index in [1.54, 1.807) is 7.05 Å². The third-order valence-corrected chi connectivity index (χ3v) is 5.84. The van der Waals surface area contributed by atoms with Crippen molar-refractivity contribution in [2.45, 2.75) is 37.6 Å². The standard InChI is InChI=1S/C21H25N3O7/c1-23-20(29)24(19(28)21(23)7-5-4-6-8-21)12-16(25)22-15-10-13(17(26)30-2)9-14(11-15)18(27)31-3/h9-11H,4-8,12H2,1-3H3,(H,22,25). The Bertz CT molecular complexity index is 903. The maximum atomic E-state index is 13.0. The summed E-state index contributed by atoms with van der Waals surface area (Å²) in [5.41, 5.74) is -0.670. The van der Waals surface area contributed by atoms with Crippen LogP contribution in [0, 0.1) is 0 Å². The number of imide groups is 1. The van der Waals surface area contributed by atoms with E-state index in [2.05, 4.69) is 14.8 Å². The third kappa shape index (κ3) is 4.10. The number of hydrogen-bond acceptors (Lipinski definition) is 7. The van der Waals surface area contributed by atoms with Gasteiger partial charge in [0.2, 0.25) is 5.91 Å². The molecule has 10 heteroatoms. The summed E-state index contributed by atoms with van der Waals surface area (Å²) in [4.78, 5) is 64.5. The molecular formula is C21H25N3O7. The molecule has 0 unspecified atom stereocenters. The highest BCUT2D eigenvalue weighted by Crippen LogP contribution is 2.39. The first-order valence-electron chi connectivity index (χ1n) is 9.95. The number of likely N-dealkylation sites (N-methyl/N-ethyl adjacent to an activating group) is 1. The fourth-order valence-corrected chi connectivity index (χ4v) is 4.19. The van der Waals surface area contributed by atoms with Crippen LogP contribution in [0.1, 0.15) is 52.8 Å². The molecule has 0 radical (unpaired) electrons. The van der Waals surface area contributed by atoms with Gasteiger partial charge < -0.3 is 19.7 Å². The summed E-state index contributed by atoms with van der Waals surface area (Å²) in [6.07, 6.45) is 3.86. The number of carbonyl (C=O) groups is 5. The summed E-state index contributed by atoms with van der Waals surface area (Å²) in [5, 5.41) is 2.54. The Labute approximate surface area is 179 Å². The maximum Gasteiger partial charge on any atom is 0.337 e. The lowest BCUT2D eigenvalue weighted by atomic mass is 9.81. The first-order chi connectivity index (χ1) is 14.7. The van der Waals surface area contributed by atoms with Gasteiger partial charge in [0.25, 0.3) is 5.91 Å². The topological polar surface area (TPSA) is 122 Å². The van der Waals surface area contributed by atoms with Gasteiger partial charge in [-0.25, -0.2) is 14.4 Å². The minimum Gasteiger partial charge on any atom is -0.465 e. The van der Waals surface area contributed by atoms with Crippen LogP contribution in [0.2, 0.25) is 0 Å². The number of esters is 2. The second-order valence-corrected chi connectivity index (χ2v) is 7.66. The van der Waals surface area contributed by atoms with Crippen LogP contribution in [0.3, 0.4) is 0 Å². The summed E-state index contributed by atoms with van der Waals surface area (Å²) in [7, 11) is 3.97. The Hall–Kier alpha value is -3.43. The van der Waals surface area contributed by atoms with Crippen molar-refractivity contribution >= 4 is 35.5 Å². The summed E-state index contributed by atoms with van der Waals surface area (Å²) >= 11 is 0. The molecular weight excluding hydrogens is 406 g/mol. The molecule has 1 N–H and O–H groups in total. The van der Waals surface area contributed by atoms with Gasteiger partial charge in [-0.3, -0.25) is 14.5 Å². The fourth-order valence-electron chi connectivity index (χ4n) is 4.19.